The van der Waals surface area contributed by atoms with Gasteiger partial charge in [-0.1, -0.05) is 19.1 Å². The molecule has 2 rings (SSSR count). The Morgan fingerprint density at radius 1 is 1.52 bits per heavy atom. The van der Waals surface area contributed by atoms with Crippen LogP contribution in [0.4, 0.5) is 0 Å². The average molecular weight is 354 g/mol. The molecule has 1 aromatic carbocycles. The summed E-state index contributed by atoms with van der Waals surface area (Å²) in [5, 5.41) is 0. The first kappa shape index (κ1) is 16.1. The molecule has 1 heterocycles. The van der Waals surface area contributed by atoms with Gasteiger partial charge in [-0.25, -0.2) is 0 Å². The lowest BCUT2D eigenvalue weighted by molar-refractivity contribution is 0.270. The highest BCUT2D eigenvalue weighted by atomic mass is 79.9. The van der Waals surface area contributed by atoms with Crippen LogP contribution in [0.2, 0.25) is 0 Å². The largest absolute Gasteiger partial charge is 0.495 e. The molecule has 5 heteroatoms. The third kappa shape index (κ3) is 4.37. The third-order valence-electron chi connectivity index (χ3n) is 3.89. The molecule has 1 aliphatic rings. The Labute approximate surface area is 135 Å². The average Bonchev–Trinajstić information content (AvgIpc) is 2.47. The predicted octanol–water partition coefficient (Wildman–Crippen LogP) is 3.05. The number of hydrogen-bond donors (Lipinski definition) is 1. The lowest BCUT2D eigenvalue weighted by atomic mass is 10.0. The van der Waals surface area contributed by atoms with E-state index in [1.807, 2.05) is 12.1 Å². The van der Waals surface area contributed by atoms with Crippen LogP contribution in [0, 0.1) is 5.92 Å². The minimum atomic E-state index is 0.676. The summed E-state index contributed by atoms with van der Waals surface area (Å²) >= 11 is 3.50. The highest BCUT2D eigenvalue weighted by molar-refractivity contribution is 9.10. The van der Waals surface area contributed by atoms with Crippen molar-refractivity contribution >= 4 is 21.9 Å². The van der Waals surface area contributed by atoms with Crippen molar-refractivity contribution in [2.45, 2.75) is 26.2 Å². The number of para-hydroxylation sites is 1. The zero-order valence-electron chi connectivity index (χ0n) is 12.8. The molecule has 1 atom stereocenters. The van der Waals surface area contributed by atoms with E-state index in [-0.39, 0.29) is 0 Å². The summed E-state index contributed by atoms with van der Waals surface area (Å²) in [6.07, 6.45) is 3.32. The highest BCUT2D eigenvalue weighted by Gasteiger charge is 2.17. The van der Waals surface area contributed by atoms with Gasteiger partial charge in [0.1, 0.15) is 5.75 Å². The van der Waals surface area contributed by atoms with Crippen LogP contribution >= 0.6 is 15.9 Å². The Morgan fingerprint density at radius 2 is 2.33 bits per heavy atom. The molecule has 1 aliphatic heterocycles. The number of likely N-dealkylation sites (tertiary alicyclic amines) is 1. The van der Waals surface area contributed by atoms with Crippen molar-refractivity contribution in [1.82, 2.24) is 4.90 Å². The molecule has 1 fully saturated rings. The maximum atomic E-state index is 6.11. The molecule has 1 aromatic rings. The lowest BCUT2D eigenvalue weighted by Gasteiger charge is -2.31. The van der Waals surface area contributed by atoms with Crippen molar-refractivity contribution < 1.29 is 4.74 Å². The number of methoxy groups -OCH3 is 1. The summed E-state index contributed by atoms with van der Waals surface area (Å²) in [6.45, 7) is 5.00. The molecular formula is C16H24BrN3O. The number of nitrogens with two attached hydrogens (primary N) is 1. The first-order chi connectivity index (χ1) is 10.1. The van der Waals surface area contributed by atoms with E-state index in [1.165, 1.54) is 12.8 Å². The molecule has 0 amide bonds. The van der Waals surface area contributed by atoms with E-state index in [0.717, 1.165) is 35.3 Å². The topological polar surface area (TPSA) is 50.9 Å². The first-order valence-corrected chi connectivity index (χ1v) is 8.27. The van der Waals surface area contributed by atoms with Crippen molar-refractivity contribution in [3.05, 3.63) is 28.2 Å². The van der Waals surface area contributed by atoms with Gasteiger partial charge in [0.25, 0.3) is 0 Å². The molecule has 1 unspecified atom stereocenters. The number of guanidine groups is 1. The smallest absolute Gasteiger partial charge is 0.191 e. The van der Waals surface area contributed by atoms with Gasteiger partial charge >= 0.3 is 0 Å². The number of ether oxygens (including phenoxy) is 1. The summed E-state index contributed by atoms with van der Waals surface area (Å²) < 4.78 is 6.40. The fraction of sp³-hybridized carbons (Fsp3) is 0.562. The van der Waals surface area contributed by atoms with Gasteiger partial charge < -0.3 is 15.4 Å². The number of nitrogens with zero attached hydrogens (tertiary/aromatic N) is 2. The summed E-state index contributed by atoms with van der Waals surface area (Å²) in [7, 11) is 1.69. The zero-order valence-corrected chi connectivity index (χ0v) is 14.4. The van der Waals surface area contributed by atoms with Crippen LogP contribution in [0.1, 0.15) is 25.3 Å². The normalized spacial score (nSPS) is 19.7. The summed E-state index contributed by atoms with van der Waals surface area (Å²) in [5.41, 5.74) is 7.26. The minimum Gasteiger partial charge on any atom is -0.495 e. The molecule has 116 valence electrons. The van der Waals surface area contributed by atoms with Crippen molar-refractivity contribution in [2.24, 2.45) is 16.6 Å². The summed E-state index contributed by atoms with van der Waals surface area (Å²) in [4.78, 5) is 6.73. The molecule has 1 saturated heterocycles. The maximum absolute atomic E-state index is 6.11. The fourth-order valence-corrected chi connectivity index (χ4v) is 3.34. The van der Waals surface area contributed by atoms with Crippen LogP contribution in [-0.4, -0.2) is 37.6 Å². The van der Waals surface area contributed by atoms with Crippen LogP contribution in [0.3, 0.4) is 0 Å². The highest BCUT2D eigenvalue weighted by Crippen LogP contribution is 2.28. The Kier molecular flexibility index (Phi) is 5.91. The standard InChI is InChI=1S/C16H24BrN3O/c1-12-5-4-10-20(11-12)16(18)19-9-8-13-6-3-7-14(17)15(13)21-2/h3,6-7,12H,4-5,8-11H2,1-2H3,(H2,18,19). The number of piperidine rings is 1. The van der Waals surface area contributed by atoms with Crippen molar-refractivity contribution in [3.8, 4) is 5.75 Å². The first-order valence-electron chi connectivity index (χ1n) is 7.48. The van der Waals surface area contributed by atoms with E-state index < -0.39 is 0 Å². The van der Waals surface area contributed by atoms with E-state index in [4.69, 9.17) is 10.5 Å². The summed E-state index contributed by atoms with van der Waals surface area (Å²) in [5.74, 6) is 2.27. The Balaban J connectivity index is 1.94. The molecule has 4 nitrogen and oxygen atoms in total. The van der Waals surface area contributed by atoms with E-state index >= 15 is 0 Å². The van der Waals surface area contributed by atoms with Crippen molar-refractivity contribution in [1.29, 1.82) is 0 Å². The van der Waals surface area contributed by atoms with Crippen molar-refractivity contribution in [3.63, 3.8) is 0 Å². The Morgan fingerprint density at radius 3 is 3.05 bits per heavy atom. The Bertz CT molecular complexity index is 504. The van der Waals surface area contributed by atoms with Crippen molar-refractivity contribution in [2.75, 3.05) is 26.7 Å². The third-order valence-corrected chi connectivity index (χ3v) is 4.51. The molecule has 0 spiro atoms. The molecule has 0 aromatic heterocycles. The summed E-state index contributed by atoms with van der Waals surface area (Å²) in [6, 6.07) is 6.06. The number of hydrogen-bond acceptors (Lipinski definition) is 2. The fourth-order valence-electron chi connectivity index (χ4n) is 2.77. The van der Waals surface area contributed by atoms with Crippen LogP contribution in [0.15, 0.2) is 27.7 Å². The molecule has 0 bridgehead atoms. The van der Waals surface area contributed by atoms with E-state index in [1.54, 1.807) is 7.11 Å². The second-order valence-electron chi connectivity index (χ2n) is 5.62. The van der Waals surface area contributed by atoms with Gasteiger partial charge in [-0.3, -0.25) is 4.99 Å². The molecular weight excluding hydrogens is 330 g/mol. The minimum absolute atomic E-state index is 0.676. The van der Waals surface area contributed by atoms with Gasteiger partial charge in [-0.15, -0.1) is 0 Å². The van der Waals surface area contributed by atoms with Gasteiger partial charge in [0, 0.05) is 19.6 Å². The van der Waals surface area contributed by atoms with Gasteiger partial charge in [-0.05, 0) is 52.7 Å². The monoisotopic (exact) mass is 353 g/mol. The second-order valence-corrected chi connectivity index (χ2v) is 6.47. The molecule has 2 N–H and O–H groups in total. The van der Waals surface area contributed by atoms with Crippen LogP contribution in [-0.2, 0) is 6.42 Å². The molecule has 0 radical (unpaired) electrons. The molecule has 0 saturated carbocycles. The number of benzene rings is 1. The zero-order chi connectivity index (χ0) is 15.2. The Hall–Kier alpha value is -1.23. The van der Waals surface area contributed by atoms with E-state index in [9.17, 15) is 0 Å². The second kappa shape index (κ2) is 7.69. The molecule has 0 aliphatic carbocycles. The quantitative estimate of drug-likeness (QED) is 0.668. The van der Waals surface area contributed by atoms with Crippen LogP contribution in [0.25, 0.3) is 0 Å². The van der Waals surface area contributed by atoms with Crippen LogP contribution in [0.5, 0.6) is 5.75 Å². The lowest BCUT2D eigenvalue weighted by Crippen LogP contribution is -2.43. The van der Waals surface area contributed by atoms with E-state index in [0.29, 0.717) is 18.4 Å². The number of aliphatic imine (C=N–C) groups is 1. The van der Waals surface area contributed by atoms with Gasteiger partial charge in [0.05, 0.1) is 11.6 Å². The van der Waals surface area contributed by atoms with Gasteiger partial charge in [0.2, 0.25) is 0 Å². The predicted molar refractivity (Wildman–Crippen MR) is 90.9 cm³/mol. The van der Waals surface area contributed by atoms with E-state index in [2.05, 4.69) is 38.8 Å². The molecule has 21 heavy (non-hydrogen) atoms. The van der Waals surface area contributed by atoms with Gasteiger partial charge in [-0.2, -0.15) is 0 Å². The number of halogens is 1. The van der Waals surface area contributed by atoms with Crippen LogP contribution < -0.4 is 10.5 Å². The number of rotatable bonds is 4. The van der Waals surface area contributed by atoms with Gasteiger partial charge in [0.15, 0.2) is 5.96 Å². The maximum Gasteiger partial charge on any atom is 0.191 e. The SMILES string of the molecule is COc1c(Br)cccc1CCN=C(N)N1CCCC(C)C1.